The fourth-order valence-corrected chi connectivity index (χ4v) is 1.83. The molecular formula is C14H20N6O4. The molecule has 0 aliphatic heterocycles. The van der Waals surface area contributed by atoms with Gasteiger partial charge in [0, 0.05) is 12.7 Å². The van der Waals surface area contributed by atoms with E-state index in [-0.39, 0.29) is 19.0 Å². The Bertz CT molecular complexity index is 695. The third-order valence-corrected chi connectivity index (χ3v) is 3.07. The third kappa shape index (κ3) is 4.54. The summed E-state index contributed by atoms with van der Waals surface area (Å²) in [7, 11) is 0. The topological polar surface area (TPSA) is 124 Å². The van der Waals surface area contributed by atoms with E-state index in [9.17, 15) is 9.59 Å². The number of rotatable bonds is 7. The number of ether oxygens (including phenoxy) is 1. The number of hydrogen-bond donors (Lipinski definition) is 2. The minimum absolute atomic E-state index is 0.0380. The van der Waals surface area contributed by atoms with Crippen LogP contribution < -0.4 is 10.6 Å². The van der Waals surface area contributed by atoms with E-state index in [2.05, 4.69) is 25.9 Å². The molecule has 2 aromatic heterocycles. The van der Waals surface area contributed by atoms with E-state index in [1.54, 1.807) is 24.0 Å². The standard InChI is InChI=1S/C14H20N6O4/c1-4-20-8-10(6-16-20)12-18-11(24-19-12)7-15-14(22)17-9(3)13(21)23-5-2/h6,8-9H,4-5,7H2,1-3H3,(H2,15,17,22)/t9-/m1/s1. The van der Waals surface area contributed by atoms with Crippen molar-refractivity contribution in [2.24, 2.45) is 0 Å². The van der Waals surface area contributed by atoms with Gasteiger partial charge < -0.3 is 19.9 Å². The molecule has 0 saturated heterocycles. The summed E-state index contributed by atoms with van der Waals surface area (Å²) in [5.41, 5.74) is 0.729. The number of aromatic nitrogens is 4. The third-order valence-electron chi connectivity index (χ3n) is 3.07. The second-order valence-corrected chi connectivity index (χ2v) is 4.90. The number of aryl methyl sites for hydroxylation is 1. The van der Waals surface area contributed by atoms with Crippen LogP contribution in [0.1, 0.15) is 26.7 Å². The minimum atomic E-state index is -0.747. The summed E-state index contributed by atoms with van der Waals surface area (Å²) in [6.07, 6.45) is 3.44. The van der Waals surface area contributed by atoms with Gasteiger partial charge in [-0.05, 0) is 20.8 Å². The maximum atomic E-state index is 11.7. The van der Waals surface area contributed by atoms with Crippen molar-refractivity contribution in [3.05, 3.63) is 18.3 Å². The zero-order valence-electron chi connectivity index (χ0n) is 13.8. The van der Waals surface area contributed by atoms with Crippen molar-refractivity contribution < 1.29 is 18.8 Å². The Labute approximate surface area is 138 Å². The summed E-state index contributed by atoms with van der Waals surface area (Å²) in [5.74, 6) is 0.139. The van der Waals surface area contributed by atoms with Gasteiger partial charge in [0.2, 0.25) is 11.7 Å². The molecular weight excluding hydrogens is 316 g/mol. The average Bonchev–Trinajstić information content (AvgIpc) is 3.21. The second-order valence-electron chi connectivity index (χ2n) is 4.90. The van der Waals surface area contributed by atoms with Crippen LogP contribution in [0.15, 0.2) is 16.9 Å². The van der Waals surface area contributed by atoms with E-state index >= 15 is 0 Å². The maximum absolute atomic E-state index is 11.7. The summed E-state index contributed by atoms with van der Waals surface area (Å²) in [4.78, 5) is 27.3. The molecule has 0 spiro atoms. The number of hydrogen-bond acceptors (Lipinski definition) is 7. The fraction of sp³-hybridized carbons (Fsp3) is 0.500. The first-order chi connectivity index (χ1) is 11.5. The fourth-order valence-electron chi connectivity index (χ4n) is 1.83. The largest absolute Gasteiger partial charge is 0.464 e. The van der Waals surface area contributed by atoms with Crippen LogP contribution in [0.5, 0.6) is 0 Å². The lowest BCUT2D eigenvalue weighted by atomic mass is 10.3. The Morgan fingerprint density at radius 3 is 2.88 bits per heavy atom. The zero-order valence-corrected chi connectivity index (χ0v) is 13.8. The van der Waals surface area contributed by atoms with Crippen LogP contribution in [-0.4, -0.2) is 44.6 Å². The Morgan fingerprint density at radius 1 is 1.42 bits per heavy atom. The van der Waals surface area contributed by atoms with E-state index in [4.69, 9.17) is 9.26 Å². The summed E-state index contributed by atoms with van der Waals surface area (Å²) < 4.78 is 11.6. The zero-order chi connectivity index (χ0) is 17.5. The van der Waals surface area contributed by atoms with Crippen LogP contribution in [0.25, 0.3) is 11.4 Å². The molecule has 0 aliphatic rings. The highest BCUT2D eigenvalue weighted by atomic mass is 16.5. The van der Waals surface area contributed by atoms with Crippen molar-refractivity contribution in [1.82, 2.24) is 30.6 Å². The van der Waals surface area contributed by atoms with Gasteiger partial charge in [-0.25, -0.2) is 9.59 Å². The molecule has 2 N–H and O–H groups in total. The van der Waals surface area contributed by atoms with Gasteiger partial charge in [0.05, 0.1) is 24.9 Å². The Hall–Kier alpha value is -2.91. The first-order valence-electron chi connectivity index (χ1n) is 7.59. The van der Waals surface area contributed by atoms with Gasteiger partial charge in [0.15, 0.2) is 0 Å². The molecule has 2 heterocycles. The number of esters is 1. The summed E-state index contributed by atoms with van der Waals surface area (Å²) >= 11 is 0. The predicted molar refractivity (Wildman–Crippen MR) is 82.7 cm³/mol. The molecule has 10 heteroatoms. The van der Waals surface area contributed by atoms with Crippen molar-refractivity contribution in [2.75, 3.05) is 6.61 Å². The molecule has 0 saturated carbocycles. The quantitative estimate of drug-likeness (QED) is 0.713. The van der Waals surface area contributed by atoms with Gasteiger partial charge in [0.1, 0.15) is 6.04 Å². The number of nitrogens with zero attached hydrogens (tertiary/aromatic N) is 4. The molecule has 0 bridgehead atoms. The van der Waals surface area contributed by atoms with Gasteiger partial charge >= 0.3 is 12.0 Å². The normalized spacial score (nSPS) is 11.8. The molecule has 24 heavy (non-hydrogen) atoms. The highest BCUT2D eigenvalue weighted by Crippen LogP contribution is 2.14. The van der Waals surface area contributed by atoms with E-state index < -0.39 is 18.0 Å². The molecule has 2 rings (SSSR count). The summed E-state index contributed by atoms with van der Waals surface area (Å²) in [5, 5.41) is 13.0. The highest BCUT2D eigenvalue weighted by molar-refractivity contribution is 5.83. The van der Waals surface area contributed by atoms with Crippen molar-refractivity contribution >= 4 is 12.0 Å². The van der Waals surface area contributed by atoms with E-state index in [0.717, 1.165) is 12.1 Å². The SMILES string of the molecule is CCOC(=O)[C@@H](C)NC(=O)NCc1nc(-c2cnn(CC)c2)no1. The summed E-state index contributed by atoms with van der Waals surface area (Å²) in [6.45, 7) is 6.24. The second kappa shape index (κ2) is 8.09. The van der Waals surface area contributed by atoms with Crippen molar-refractivity contribution in [3.63, 3.8) is 0 Å². The molecule has 1 atom stereocenters. The lowest BCUT2D eigenvalue weighted by Gasteiger charge is -2.12. The number of carbonyl (C=O) groups excluding carboxylic acids is 2. The number of urea groups is 1. The van der Waals surface area contributed by atoms with Crippen molar-refractivity contribution in [2.45, 2.75) is 39.9 Å². The average molecular weight is 336 g/mol. The van der Waals surface area contributed by atoms with E-state index in [0.29, 0.717) is 5.82 Å². The van der Waals surface area contributed by atoms with Crippen LogP contribution in [-0.2, 0) is 22.6 Å². The highest BCUT2D eigenvalue weighted by Gasteiger charge is 2.17. The van der Waals surface area contributed by atoms with Crippen LogP contribution >= 0.6 is 0 Å². The lowest BCUT2D eigenvalue weighted by Crippen LogP contribution is -2.44. The number of nitrogens with one attached hydrogen (secondary N) is 2. The molecule has 2 amide bonds. The lowest BCUT2D eigenvalue weighted by molar-refractivity contribution is -0.144. The van der Waals surface area contributed by atoms with Crippen molar-refractivity contribution in [1.29, 1.82) is 0 Å². The Morgan fingerprint density at radius 2 is 2.21 bits per heavy atom. The molecule has 130 valence electrons. The van der Waals surface area contributed by atoms with Gasteiger partial charge in [-0.2, -0.15) is 10.1 Å². The molecule has 0 fully saturated rings. The Kier molecular flexibility index (Phi) is 5.88. The van der Waals surface area contributed by atoms with E-state index in [1.165, 1.54) is 6.92 Å². The van der Waals surface area contributed by atoms with Crippen molar-refractivity contribution in [3.8, 4) is 11.4 Å². The molecule has 0 radical (unpaired) electrons. The van der Waals surface area contributed by atoms with Gasteiger partial charge in [-0.15, -0.1) is 0 Å². The molecule has 2 aromatic rings. The number of carbonyl (C=O) groups is 2. The monoisotopic (exact) mass is 336 g/mol. The number of amides is 2. The van der Waals surface area contributed by atoms with Crippen LogP contribution in [0.4, 0.5) is 4.79 Å². The van der Waals surface area contributed by atoms with Crippen LogP contribution in [0.2, 0.25) is 0 Å². The van der Waals surface area contributed by atoms with Gasteiger partial charge in [0.25, 0.3) is 0 Å². The first kappa shape index (κ1) is 17.4. The molecule has 0 aromatic carbocycles. The molecule has 0 aliphatic carbocycles. The Balaban J connectivity index is 1.84. The maximum Gasteiger partial charge on any atom is 0.328 e. The van der Waals surface area contributed by atoms with Crippen LogP contribution in [0.3, 0.4) is 0 Å². The minimum Gasteiger partial charge on any atom is -0.464 e. The summed E-state index contributed by atoms with van der Waals surface area (Å²) in [6, 6.07) is -1.28. The predicted octanol–water partition coefficient (Wildman–Crippen LogP) is 0.704. The van der Waals surface area contributed by atoms with Gasteiger partial charge in [-0.3, -0.25) is 4.68 Å². The van der Waals surface area contributed by atoms with Crippen LogP contribution in [0, 0.1) is 0 Å². The van der Waals surface area contributed by atoms with Gasteiger partial charge in [-0.1, -0.05) is 5.16 Å². The first-order valence-corrected chi connectivity index (χ1v) is 7.59. The van der Waals surface area contributed by atoms with E-state index in [1.807, 2.05) is 6.92 Å². The molecule has 0 unspecified atom stereocenters. The smallest absolute Gasteiger partial charge is 0.328 e. The molecule has 10 nitrogen and oxygen atoms in total.